The van der Waals surface area contributed by atoms with E-state index in [9.17, 15) is 14.3 Å². The summed E-state index contributed by atoms with van der Waals surface area (Å²) in [5.74, 6) is -0.441. The molecule has 138 valence electrons. The lowest BCUT2D eigenvalue weighted by Crippen LogP contribution is -2.44. The van der Waals surface area contributed by atoms with Crippen molar-refractivity contribution in [3.05, 3.63) is 68.9 Å². The molecule has 0 aliphatic carbocycles. The first-order chi connectivity index (χ1) is 12.4. The van der Waals surface area contributed by atoms with Gasteiger partial charge in [-0.15, -0.1) is 0 Å². The predicted octanol–water partition coefficient (Wildman–Crippen LogP) is 3.45. The monoisotopic (exact) mass is 420 g/mol. The fourth-order valence-corrected chi connectivity index (χ4v) is 3.65. The van der Waals surface area contributed by atoms with Crippen molar-refractivity contribution < 1.29 is 14.3 Å². The van der Waals surface area contributed by atoms with E-state index in [0.29, 0.717) is 23.1 Å². The van der Waals surface area contributed by atoms with Gasteiger partial charge >= 0.3 is 0 Å². The Kier molecular flexibility index (Phi) is 5.75. The summed E-state index contributed by atoms with van der Waals surface area (Å²) in [6.07, 6.45) is 0. The van der Waals surface area contributed by atoms with Crippen molar-refractivity contribution in [2.75, 3.05) is 6.61 Å². The van der Waals surface area contributed by atoms with E-state index < -0.39 is 12.1 Å². The quantitative estimate of drug-likeness (QED) is 0.778. The van der Waals surface area contributed by atoms with Crippen molar-refractivity contribution in [3.63, 3.8) is 0 Å². The number of nitrogens with one attached hydrogen (secondary N) is 1. The third-order valence-electron chi connectivity index (χ3n) is 4.90. The van der Waals surface area contributed by atoms with E-state index in [1.54, 1.807) is 13.0 Å². The van der Waals surface area contributed by atoms with Crippen LogP contribution in [0.1, 0.15) is 35.2 Å². The van der Waals surface area contributed by atoms with Crippen LogP contribution in [0.2, 0.25) is 0 Å². The first-order valence-corrected chi connectivity index (χ1v) is 9.37. The Balaban J connectivity index is 1.69. The van der Waals surface area contributed by atoms with E-state index in [-0.39, 0.29) is 18.3 Å². The molecule has 1 heterocycles. The normalized spacial score (nSPS) is 16.2. The van der Waals surface area contributed by atoms with Crippen molar-refractivity contribution in [1.29, 1.82) is 0 Å². The Labute approximate surface area is 161 Å². The molecule has 2 atom stereocenters. The maximum absolute atomic E-state index is 14.3. The van der Waals surface area contributed by atoms with Crippen LogP contribution < -0.4 is 5.32 Å². The van der Waals surface area contributed by atoms with E-state index in [0.717, 1.165) is 16.7 Å². The fraction of sp³-hybridized carbons (Fsp3) is 0.350. The van der Waals surface area contributed by atoms with E-state index in [1.807, 2.05) is 42.2 Å². The molecule has 26 heavy (non-hydrogen) atoms. The summed E-state index contributed by atoms with van der Waals surface area (Å²) in [7, 11) is 0. The Morgan fingerprint density at radius 3 is 2.81 bits per heavy atom. The summed E-state index contributed by atoms with van der Waals surface area (Å²) in [6.45, 7) is 4.52. The molecule has 1 amide bonds. The molecule has 0 aromatic heterocycles. The fourth-order valence-electron chi connectivity index (χ4n) is 3.28. The summed E-state index contributed by atoms with van der Waals surface area (Å²) in [5.41, 5.74) is 3.48. The van der Waals surface area contributed by atoms with Gasteiger partial charge in [-0.05, 0) is 47.0 Å². The van der Waals surface area contributed by atoms with Gasteiger partial charge in [0.25, 0.3) is 0 Å². The summed E-state index contributed by atoms with van der Waals surface area (Å²) in [6, 6.07) is 10.4. The van der Waals surface area contributed by atoms with E-state index >= 15 is 0 Å². The van der Waals surface area contributed by atoms with Crippen LogP contribution in [-0.2, 0) is 17.9 Å². The van der Waals surface area contributed by atoms with Crippen molar-refractivity contribution in [2.24, 2.45) is 0 Å². The first-order valence-electron chi connectivity index (χ1n) is 8.58. The molecular weight excluding hydrogens is 399 g/mol. The molecule has 0 saturated carbocycles. The highest BCUT2D eigenvalue weighted by atomic mass is 79.9. The molecular formula is C20H22BrFN2O2. The second-order valence-electron chi connectivity index (χ2n) is 6.74. The minimum absolute atomic E-state index is 0.177. The van der Waals surface area contributed by atoms with Gasteiger partial charge in [-0.1, -0.05) is 35.9 Å². The van der Waals surface area contributed by atoms with E-state index in [1.165, 1.54) is 0 Å². The van der Waals surface area contributed by atoms with Crippen LogP contribution in [0.3, 0.4) is 0 Å². The highest BCUT2D eigenvalue weighted by molar-refractivity contribution is 9.10. The molecule has 3 rings (SSSR count). The molecule has 0 saturated heterocycles. The van der Waals surface area contributed by atoms with E-state index in [4.69, 9.17) is 0 Å². The standard InChI is InChI=1S/C20H22BrFN2O2/c1-12-4-3-5-14(8-12)18(11-25)23-20(26)13(2)24-9-15-6-7-17(21)19(22)16(15)10-24/h3-8,13,18,25H,9-11H2,1-2H3,(H,23,26)/t13?,18-/m1/s1. The zero-order chi connectivity index (χ0) is 18.8. The van der Waals surface area contributed by atoms with Crippen LogP contribution >= 0.6 is 15.9 Å². The predicted molar refractivity (Wildman–Crippen MR) is 102 cm³/mol. The van der Waals surface area contributed by atoms with Crippen molar-refractivity contribution >= 4 is 21.8 Å². The molecule has 0 fully saturated rings. The van der Waals surface area contributed by atoms with Crippen molar-refractivity contribution in [3.8, 4) is 0 Å². The van der Waals surface area contributed by atoms with Gasteiger partial charge in [0.2, 0.25) is 5.91 Å². The van der Waals surface area contributed by atoms with Crippen molar-refractivity contribution in [1.82, 2.24) is 10.2 Å². The number of nitrogens with zero attached hydrogens (tertiary/aromatic N) is 1. The van der Waals surface area contributed by atoms with Crippen LogP contribution in [0.25, 0.3) is 0 Å². The molecule has 1 aliphatic heterocycles. The van der Waals surface area contributed by atoms with Gasteiger partial charge in [-0.2, -0.15) is 0 Å². The molecule has 0 radical (unpaired) electrons. The van der Waals surface area contributed by atoms with Gasteiger partial charge in [0.15, 0.2) is 0 Å². The number of aliphatic hydroxyl groups is 1. The average molecular weight is 421 g/mol. The zero-order valence-electron chi connectivity index (χ0n) is 14.8. The van der Waals surface area contributed by atoms with Gasteiger partial charge in [0.05, 0.1) is 23.2 Å². The third-order valence-corrected chi connectivity index (χ3v) is 5.51. The summed E-state index contributed by atoms with van der Waals surface area (Å²) in [4.78, 5) is 14.6. The molecule has 1 aliphatic rings. The first kappa shape index (κ1) is 19.0. The number of aliphatic hydroxyl groups excluding tert-OH is 1. The Bertz CT molecular complexity index is 827. The lowest BCUT2D eigenvalue weighted by atomic mass is 10.0. The SMILES string of the molecule is Cc1cccc([C@@H](CO)NC(=O)C(C)N2Cc3ccc(Br)c(F)c3C2)c1. The van der Waals surface area contributed by atoms with Gasteiger partial charge < -0.3 is 10.4 Å². The number of benzene rings is 2. The number of rotatable bonds is 5. The molecule has 1 unspecified atom stereocenters. The van der Waals surface area contributed by atoms with Gasteiger partial charge in [0.1, 0.15) is 5.82 Å². The zero-order valence-corrected chi connectivity index (χ0v) is 16.4. The largest absolute Gasteiger partial charge is 0.394 e. The van der Waals surface area contributed by atoms with Crippen LogP contribution in [-0.4, -0.2) is 28.6 Å². The smallest absolute Gasteiger partial charge is 0.237 e. The number of hydrogen-bond acceptors (Lipinski definition) is 3. The van der Waals surface area contributed by atoms with Crippen LogP contribution in [0, 0.1) is 12.7 Å². The lowest BCUT2D eigenvalue weighted by molar-refractivity contribution is -0.127. The number of hydrogen-bond donors (Lipinski definition) is 2. The number of carbonyl (C=O) groups excluding carboxylic acids is 1. The molecule has 4 nitrogen and oxygen atoms in total. The number of amides is 1. The number of fused-ring (bicyclic) bond motifs is 1. The summed E-state index contributed by atoms with van der Waals surface area (Å²) < 4.78 is 14.7. The summed E-state index contributed by atoms with van der Waals surface area (Å²) in [5, 5.41) is 12.6. The van der Waals surface area contributed by atoms with Crippen LogP contribution in [0.15, 0.2) is 40.9 Å². The van der Waals surface area contributed by atoms with Crippen molar-refractivity contribution in [2.45, 2.75) is 39.0 Å². The second kappa shape index (κ2) is 7.86. The Morgan fingerprint density at radius 2 is 2.12 bits per heavy atom. The van der Waals surface area contributed by atoms with Gasteiger partial charge in [-0.3, -0.25) is 9.69 Å². The molecule has 2 aromatic carbocycles. The minimum Gasteiger partial charge on any atom is -0.394 e. The Morgan fingerprint density at radius 1 is 1.35 bits per heavy atom. The Hall–Kier alpha value is -1.76. The van der Waals surface area contributed by atoms with Crippen LogP contribution in [0.4, 0.5) is 4.39 Å². The molecule has 0 bridgehead atoms. The topological polar surface area (TPSA) is 52.6 Å². The number of aryl methyl sites for hydroxylation is 1. The molecule has 6 heteroatoms. The second-order valence-corrected chi connectivity index (χ2v) is 7.59. The molecule has 2 N–H and O–H groups in total. The highest BCUT2D eigenvalue weighted by Crippen LogP contribution is 2.31. The maximum Gasteiger partial charge on any atom is 0.237 e. The van der Waals surface area contributed by atoms with Gasteiger partial charge in [0, 0.05) is 18.7 Å². The molecule has 0 spiro atoms. The molecule has 2 aromatic rings. The van der Waals surface area contributed by atoms with Gasteiger partial charge in [-0.25, -0.2) is 4.39 Å². The lowest BCUT2D eigenvalue weighted by Gasteiger charge is -2.26. The third kappa shape index (κ3) is 3.82. The average Bonchev–Trinajstić information content (AvgIpc) is 3.07. The summed E-state index contributed by atoms with van der Waals surface area (Å²) >= 11 is 3.21. The number of halogens is 2. The minimum atomic E-state index is -0.458. The number of carbonyl (C=O) groups is 1. The highest BCUT2D eigenvalue weighted by Gasteiger charge is 2.30. The van der Waals surface area contributed by atoms with Crippen LogP contribution in [0.5, 0.6) is 0 Å². The maximum atomic E-state index is 14.3. The van der Waals surface area contributed by atoms with E-state index in [2.05, 4.69) is 21.2 Å².